The van der Waals surface area contributed by atoms with Crippen LogP contribution in [0.25, 0.3) is 0 Å². The van der Waals surface area contributed by atoms with Crippen LogP contribution in [-0.4, -0.2) is 36.1 Å². The quantitative estimate of drug-likeness (QED) is 0.807. The topological polar surface area (TPSA) is 28.2 Å². The summed E-state index contributed by atoms with van der Waals surface area (Å²) in [5.41, 5.74) is 1.27. The molecule has 0 aliphatic carbocycles. The van der Waals surface area contributed by atoms with Gasteiger partial charge in [-0.2, -0.15) is 0 Å². The molecule has 1 aliphatic heterocycles. The van der Waals surface area contributed by atoms with Crippen LogP contribution in [0.3, 0.4) is 0 Å². The standard InChI is InChI=1S/C10H14BrN3/c11-10-9(2-1-3-13-10)8-14-6-4-12-5-7-14/h1-3,12H,4-8H2. The molecule has 3 nitrogen and oxygen atoms in total. The Bertz CT molecular complexity index is 297. The summed E-state index contributed by atoms with van der Waals surface area (Å²) in [6.45, 7) is 5.44. The lowest BCUT2D eigenvalue weighted by molar-refractivity contribution is 0.232. The second-order valence-corrected chi connectivity index (χ2v) is 4.23. The molecule has 2 heterocycles. The summed E-state index contributed by atoms with van der Waals surface area (Å²) in [6.07, 6.45) is 1.81. The molecule has 0 aromatic carbocycles. The van der Waals surface area contributed by atoms with E-state index < -0.39 is 0 Å². The fourth-order valence-corrected chi connectivity index (χ4v) is 2.02. The van der Waals surface area contributed by atoms with Crippen molar-refractivity contribution in [2.45, 2.75) is 6.54 Å². The zero-order chi connectivity index (χ0) is 9.80. The van der Waals surface area contributed by atoms with Gasteiger partial charge in [0, 0.05) is 38.9 Å². The Kier molecular flexibility index (Phi) is 3.50. The summed E-state index contributed by atoms with van der Waals surface area (Å²) in [5, 5.41) is 3.35. The van der Waals surface area contributed by atoms with Crippen LogP contribution in [0.1, 0.15) is 5.56 Å². The third kappa shape index (κ3) is 2.53. The molecular formula is C10H14BrN3. The molecule has 0 spiro atoms. The van der Waals surface area contributed by atoms with Gasteiger partial charge in [0.1, 0.15) is 4.60 Å². The molecule has 0 bridgehead atoms. The molecule has 1 aromatic heterocycles. The molecule has 0 atom stereocenters. The SMILES string of the molecule is Brc1ncccc1CN1CCNCC1. The highest BCUT2D eigenvalue weighted by Gasteiger charge is 2.11. The fourth-order valence-electron chi connectivity index (χ4n) is 1.65. The van der Waals surface area contributed by atoms with E-state index in [0.717, 1.165) is 37.3 Å². The van der Waals surface area contributed by atoms with Crippen molar-refractivity contribution < 1.29 is 0 Å². The van der Waals surface area contributed by atoms with E-state index in [4.69, 9.17) is 0 Å². The molecule has 2 rings (SSSR count). The summed E-state index contributed by atoms with van der Waals surface area (Å²) in [6, 6.07) is 4.11. The molecule has 1 N–H and O–H groups in total. The Morgan fingerprint density at radius 3 is 2.93 bits per heavy atom. The summed E-state index contributed by atoms with van der Waals surface area (Å²) in [4.78, 5) is 6.66. The van der Waals surface area contributed by atoms with Gasteiger partial charge in [-0.25, -0.2) is 4.98 Å². The van der Waals surface area contributed by atoms with E-state index in [0.29, 0.717) is 0 Å². The molecule has 14 heavy (non-hydrogen) atoms. The zero-order valence-corrected chi connectivity index (χ0v) is 9.63. The van der Waals surface area contributed by atoms with E-state index in [2.05, 4.69) is 37.2 Å². The molecule has 76 valence electrons. The number of halogens is 1. The number of nitrogens with one attached hydrogen (secondary N) is 1. The highest BCUT2D eigenvalue weighted by molar-refractivity contribution is 9.10. The van der Waals surface area contributed by atoms with Gasteiger partial charge in [0.25, 0.3) is 0 Å². The summed E-state index contributed by atoms with van der Waals surface area (Å²) in [5.74, 6) is 0. The van der Waals surface area contributed by atoms with Crippen LogP contribution < -0.4 is 5.32 Å². The maximum absolute atomic E-state index is 4.22. The van der Waals surface area contributed by atoms with Crippen LogP contribution in [0, 0.1) is 0 Å². The van der Waals surface area contributed by atoms with E-state index in [9.17, 15) is 0 Å². The van der Waals surface area contributed by atoms with Gasteiger partial charge < -0.3 is 5.32 Å². The lowest BCUT2D eigenvalue weighted by Gasteiger charge is -2.27. The van der Waals surface area contributed by atoms with Gasteiger partial charge in [0.2, 0.25) is 0 Å². The minimum atomic E-state index is 0.971. The third-order valence-corrected chi connectivity index (χ3v) is 3.15. The molecule has 0 unspecified atom stereocenters. The lowest BCUT2D eigenvalue weighted by atomic mass is 10.2. The first-order valence-corrected chi connectivity index (χ1v) is 5.68. The number of hydrogen-bond donors (Lipinski definition) is 1. The van der Waals surface area contributed by atoms with Crippen molar-refractivity contribution >= 4 is 15.9 Å². The average molecular weight is 256 g/mol. The van der Waals surface area contributed by atoms with E-state index in [1.807, 2.05) is 12.3 Å². The first-order chi connectivity index (χ1) is 6.86. The number of aromatic nitrogens is 1. The highest BCUT2D eigenvalue weighted by Crippen LogP contribution is 2.14. The Morgan fingerprint density at radius 2 is 2.21 bits per heavy atom. The van der Waals surface area contributed by atoms with E-state index >= 15 is 0 Å². The van der Waals surface area contributed by atoms with Crippen molar-refractivity contribution in [2.75, 3.05) is 26.2 Å². The Labute approximate surface area is 92.6 Å². The van der Waals surface area contributed by atoms with Gasteiger partial charge in [-0.05, 0) is 27.6 Å². The van der Waals surface area contributed by atoms with E-state index in [1.165, 1.54) is 5.56 Å². The van der Waals surface area contributed by atoms with Crippen LogP contribution in [0.15, 0.2) is 22.9 Å². The highest BCUT2D eigenvalue weighted by atomic mass is 79.9. The first-order valence-electron chi connectivity index (χ1n) is 4.89. The predicted molar refractivity (Wildman–Crippen MR) is 60.1 cm³/mol. The minimum absolute atomic E-state index is 0.971. The number of rotatable bonds is 2. The maximum atomic E-state index is 4.22. The molecule has 1 aliphatic rings. The normalized spacial score (nSPS) is 18.4. The number of hydrogen-bond acceptors (Lipinski definition) is 3. The van der Waals surface area contributed by atoms with Crippen molar-refractivity contribution in [3.05, 3.63) is 28.5 Å². The van der Waals surface area contributed by atoms with Crippen molar-refractivity contribution in [3.63, 3.8) is 0 Å². The van der Waals surface area contributed by atoms with Crippen LogP contribution in [0.2, 0.25) is 0 Å². The predicted octanol–water partition coefficient (Wildman–Crippen LogP) is 1.25. The Balaban J connectivity index is 1.99. The monoisotopic (exact) mass is 255 g/mol. The smallest absolute Gasteiger partial charge is 0.110 e. The van der Waals surface area contributed by atoms with Crippen molar-refractivity contribution in [1.29, 1.82) is 0 Å². The third-order valence-electron chi connectivity index (χ3n) is 2.44. The first kappa shape index (κ1) is 10.1. The van der Waals surface area contributed by atoms with Crippen molar-refractivity contribution in [2.24, 2.45) is 0 Å². The molecule has 1 aromatic rings. The molecule has 0 amide bonds. The summed E-state index contributed by atoms with van der Waals surface area (Å²) < 4.78 is 0.971. The average Bonchev–Trinajstić information content (AvgIpc) is 2.23. The van der Waals surface area contributed by atoms with Gasteiger partial charge in [0.05, 0.1) is 0 Å². The van der Waals surface area contributed by atoms with Crippen molar-refractivity contribution in [1.82, 2.24) is 15.2 Å². The molecule has 0 saturated carbocycles. The van der Waals surface area contributed by atoms with Crippen LogP contribution in [-0.2, 0) is 6.54 Å². The molecule has 1 fully saturated rings. The van der Waals surface area contributed by atoms with Crippen LogP contribution in [0.5, 0.6) is 0 Å². The molecular weight excluding hydrogens is 242 g/mol. The van der Waals surface area contributed by atoms with E-state index in [-0.39, 0.29) is 0 Å². The van der Waals surface area contributed by atoms with Gasteiger partial charge in [-0.15, -0.1) is 0 Å². The largest absolute Gasteiger partial charge is 0.314 e. The molecule has 4 heteroatoms. The Hall–Kier alpha value is -0.450. The van der Waals surface area contributed by atoms with Gasteiger partial charge in [0.15, 0.2) is 0 Å². The van der Waals surface area contributed by atoms with Gasteiger partial charge >= 0.3 is 0 Å². The van der Waals surface area contributed by atoms with Gasteiger partial charge in [-0.1, -0.05) is 6.07 Å². The maximum Gasteiger partial charge on any atom is 0.110 e. The summed E-state index contributed by atoms with van der Waals surface area (Å²) in [7, 11) is 0. The number of nitrogens with zero attached hydrogens (tertiary/aromatic N) is 2. The fraction of sp³-hybridized carbons (Fsp3) is 0.500. The molecule has 0 radical (unpaired) electrons. The van der Waals surface area contributed by atoms with Crippen LogP contribution in [0.4, 0.5) is 0 Å². The van der Waals surface area contributed by atoms with E-state index in [1.54, 1.807) is 0 Å². The lowest BCUT2D eigenvalue weighted by Crippen LogP contribution is -2.42. The second-order valence-electron chi connectivity index (χ2n) is 3.48. The minimum Gasteiger partial charge on any atom is -0.314 e. The molecule has 1 saturated heterocycles. The van der Waals surface area contributed by atoms with Crippen molar-refractivity contribution in [3.8, 4) is 0 Å². The number of piperazine rings is 1. The Morgan fingerprint density at radius 1 is 1.43 bits per heavy atom. The van der Waals surface area contributed by atoms with Gasteiger partial charge in [-0.3, -0.25) is 4.90 Å². The second kappa shape index (κ2) is 4.87. The summed E-state index contributed by atoms with van der Waals surface area (Å²) >= 11 is 3.47. The zero-order valence-electron chi connectivity index (χ0n) is 8.04. The number of pyridine rings is 1. The van der Waals surface area contributed by atoms with Crippen LogP contribution >= 0.6 is 15.9 Å².